The minimum absolute atomic E-state index is 0.559. The van der Waals surface area contributed by atoms with E-state index in [0.29, 0.717) is 26.2 Å². The summed E-state index contributed by atoms with van der Waals surface area (Å²) in [6.07, 6.45) is 1.96. The van der Waals surface area contributed by atoms with Gasteiger partial charge in [0.1, 0.15) is 0 Å². The van der Waals surface area contributed by atoms with Crippen LogP contribution in [-0.2, 0) is 16.8 Å². The van der Waals surface area contributed by atoms with Crippen molar-refractivity contribution in [3.8, 4) is 0 Å². The van der Waals surface area contributed by atoms with E-state index < -0.39 is 10.2 Å². The molecule has 3 rings (SSSR count). The molecule has 0 atom stereocenters. The number of rotatable bonds is 4. The van der Waals surface area contributed by atoms with E-state index in [1.807, 2.05) is 24.3 Å². The van der Waals surface area contributed by atoms with Crippen molar-refractivity contribution in [2.24, 2.45) is 0 Å². The SMILES string of the molecule is O=S(=O)(N1CCCC1)N1CCN(Cc2ccccc2Cl)CC1. The molecule has 2 aliphatic heterocycles. The van der Waals surface area contributed by atoms with Crippen LogP contribution in [0.25, 0.3) is 0 Å². The highest BCUT2D eigenvalue weighted by Crippen LogP contribution is 2.20. The van der Waals surface area contributed by atoms with Crippen LogP contribution in [0.5, 0.6) is 0 Å². The van der Waals surface area contributed by atoms with Gasteiger partial charge >= 0.3 is 0 Å². The third-order valence-corrected chi connectivity index (χ3v) is 6.80. The number of piperazine rings is 1. The summed E-state index contributed by atoms with van der Waals surface area (Å²) in [6, 6.07) is 7.82. The molecule has 5 nitrogen and oxygen atoms in total. The monoisotopic (exact) mass is 343 g/mol. The minimum Gasteiger partial charge on any atom is -0.296 e. The quantitative estimate of drug-likeness (QED) is 0.837. The van der Waals surface area contributed by atoms with Crippen molar-refractivity contribution >= 4 is 21.8 Å². The zero-order valence-electron chi connectivity index (χ0n) is 12.6. The summed E-state index contributed by atoms with van der Waals surface area (Å²) >= 11 is 6.19. The van der Waals surface area contributed by atoms with Crippen LogP contribution in [0.1, 0.15) is 18.4 Å². The minimum atomic E-state index is -3.25. The van der Waals surface area contributed by atoms with E-state index in [2.05, 4.69) is 4.90 Å². The van der Waals surface area contributed by atoms with Gasteiger partial charge in [-0.3, -0.25) is 4.90 Å². The fourth-order valence-electron chi connectivity index (χ4n) is 3.07. The molecule has 2 aliphatic rings. The molecule has 2 fully saturated rings. The van der Waals surface area contributed by atoms with E-state index in [4.69, 9.17) is 11.6 Å². The van der Waals surface area contributed by atoms with Crippen molar-refractivity contribution in [3.05, 3.63) is 34.9 Å². The summed E-state index contributed by atoms with van der Waals surface area (Å²) in [4.78, 5) is 2.26. The molecular formula is C15H22ClN3O2S. The number of nitrogens with zero attached hydrogens (tertiary/aromatic N) is 3. The maximum absolute atomic E-state index is 12.5. The lowest BCUT2D eigenvalue weighted by Gasteiger charge is -2.35. The molecule has 0 bridgehead atoms. The molecule has 0 N–H and O–H groups in total. The first-order valence-electron chi connectivity index (χ1n) is 7.78. The lowest BCUT2D eigenvalue weighted by atomic mass is 10.2. The predicted octanol–water partition coefficient (Wildman–Crippen LogP) is 1.80. The van der Waals surface area contributed by atoms with Crippen LogP contribution in [0.15, 0.2) is 24.3 Å². The van der Waals surface area contributed by atoms with Crippen molar-refractivity contribution in [2.75, 3.05) is 39.3 Å². The Bertz CT molecular complexity index is 609. The van der Waals surface area contributed by atoms with Crippen molar-refractivity contribution in [3.63, 3.8) is 0 Å². The fourth-order valence-corrected chi connectivity index (χ4v) is 4.93. The van der Waals surface area contributed by atoms with Crippen molar-refractivity contribution in [2.45, 2.75) is 19.4 Å². The van der Waals surface area contributed by atoms with E-state index in [1.54, 1.807) is 8.61 Å². The summed E-state index contributed by atoms with van der Waals surface area (Å²) in [5.41, 5.74) is 1.10. The Kier molecular flexibility index (Phi) is 5.04. The van der Waals surface area contributed by atoms with Gasteiger partial charge in [0, 0.05) is 50.8 Å². The van der Waals surface area contributed by atoms with Crippen molar-refractivity contribution in [1.29, 1.82) is 0 Å². The summed E-state index contributed by atoms with van der Waals surface area (Å²) in [5.74, 6) is 0. The molecule has 0 unspecified atom stereocenters. The number of hydrogen-bond donors (Lipinski definition) is 0. The molecule has 1 aromatic carbocycles. The van der Waals surface area contributed by atoms with Crippen LogP contribution in [0.2, 0.25) is 5.02 Å². The zero-order chi connectivity index (χ0) is 15.6. The maximum atomic E-state index is 12.5. The number of benzene rings is 1. The summed E-state index contributed by atoms with van der Waals surface area (Å²) in [6.45, 7) is 4.73. The van der Waals surface area contributed by atoms with Gasteiger partial charge in [-0.15, -0.1) is 0 Å². The van der Waals surface area contributed by atoms with Gasteiger partial charge in [0.25, 0.3) is 10.2 Å². The van der Waals surface area contributed by atoms with E-state index >= 15 is 0 Å². The molecular weight excluding hydrogens is 322 g/mol. The highest BCUT2D eigenvalue weighted by atomic mass is 35.5. The highest BCUT2D eigenvalue weighted by molar-refractivity contribution is 7.86. The Hall–Kier alpha value is -0.660. The van der Waals surface area contributed by atoms with Gasteiger partial charge < -0.3 is 0 Å². The molecule has 0 amide bonds. The van der Waals surface area contributed by atoms with Gasteiger partial charge in [0.2, 0.25) is 0 Å². The Balaban J connectivity index is 1.57. The van der Waals surface area contributed by atoms with Crippen LogP contribution < -0.4 is 0 Å². The molecule has 0 aromatic heterocycles. The largest absolute Gasteiger partial charge is 0.296 e. The standard InChI is InChI=1S/C15H22ClN3O2S/c16-15-6-2-1-5-14(15)13-17-9-11-19(12-10-17)22(20,21)18-7-3-4-8-18/h1-2,5-6H,3-4,7-13H2. The maximum Gasteiger partial charge on any atom is 0.282 e. The van der Waals surface area contributed by atoms with Crippen molar-refractivity contribution < 1.29 is 8.42 Å². The third kappa shape index (κ3) is 3.46. The topological polar surface area (TPSA) is 43.9 Å². The first-order valence-corrected chi connectivity index (χ1v) is 9.56. The van der Waals surface area contributed by atoms with E-state index in [1.165, 1.54) is 0 Å². The van der Waals surface area contributed by atoms with Crippen LogP contribution >= 0.6 is 11.6 Å². The Morgan fingerprint density at radius 3 is 2.14 bits per heavy atom. The Labute approximate surface area is 137 Å². The smallest absolute Gasteiger partial charge is 0.282 e. The first-order chi connectivity index (χ1) is 10.6. The van der Waals surface area contributed by atoms with Gasteiger partial charge in [-0.2, -0.15) is 17.0 Å². The van der Waals surface area contributed by atoms with Gasteiger partial charge in [-0.05, 0) is 24.5 Å². The molecule has 2 heterocycles. The Morgan fingerprint density at radius 2 is 1.50 bits per heavy atom. The average molecular weight is 344 g/mol. The zero-order valence-corrected chi connectivity index (χ0v) is 14.2. The normalized spacial score (nSPS) is 22.2. The van der Waals surface area contributed by atoms with Gasteiger partial charge in [-0.25, -0.2) is 0 Å². The average Bonchev–Trinajstić information content (AvgIpc) is 3.05. The summed E-state index contributed by atoms with van der Waals surface area (Å²) < 4.78 is 28.3. The fraction of sp³-hybridized carbons (Fsp3) is 0.600. The summed E-state index contributed by atoms with van der Waals surface area (Å²) in [7, 11) is -3.25. The molecule has 0 spiro atoms. The molecule has 122 valence electrons. The number of halogens is 1. The van der Waals surface area contributed by atoms with E-state index in [0.717, 1.165) is 43.1 Å². The van der Waals surface area contributed by atoms with E-state index in [9.17, 15) is 8.42 Å². The van der Waals surface area contributed by atoms with Gasteiger partial charge in [0.15, 0.2) is 0 Å². The molecule has 2 saturated heterocycles. The van der Waals surface area contributed by atoms with Crippen LogP contribution in [0, 0.1) is 0 Å². The first kappa shape index (κ1) is 16.2. The van der Waals surface area contributed by atoms with Gasteiger partial charge in [0.05, 0.1) is 0 Å². The second kappa shape index (κ2) is 6.84. The molecule has 0 aliphatic carbocycles. The van der Waals surface area contributed by atoms with E-state index in [-0.39, 0.29) is 0 Å². The molecule has 22 heavy (non-hydrogen) atoms. The lowest BCUT2D eigenvalue weighted by Crippen LogP contribution is -2.52. The summed E-state index contributed by atoms with van der Waals surface area (Å²) in [5, 5.41) is 0.773. The number of hydrogen-bond acceptors (Lipinski definition) is 3. The van der Waals surface area contributed by atoms with Crippen LogP contribution in [0.3, 0.4) is 0 Å². The molecule has 0 radical (unpaired) electrons. The molecule has 0 saturated carbocycles. The lowest BCUT2D eigenvalue weighted by molar-refractivity contribution is 0.176. The van der Waals surface area contributed by atoms with Crippen LogP contribution in [0.4, 0.5) is 0 Å². The second-order valence-corrected chi connectivity index (χ2v) is 8.22. The Morgan fingerprint density at radius 1 is 0.909 bits per heavy atom. The highest BCUT2D eigenvalue weighted by Gasteiger charge is 2.33. The van der Waals surface area contributed by atoms with Crippen molar-refractivity contribution in [1.82, 2.24) is 13.5 Å². The van der Waals surface area contributed by atoms with Gasteiger partial charge in [-0.1, -0.05) is 29.8 Å². The molecule has 7 heteroatoms. The predicted molar refractivity (Wildman–Crippen MR) is 88.0 cm³/mol. The second-order valence-electron chi connectivity index (χ2n) is 5.88. The molecule has 1 aromatic rings. The third-order valence-electron chi connectivity index (χ3n) is 4.40. The van der Waals surface area contributed by atoms with Crippen LogP contribution in [-0.4, -0.2) is 61.2 Å².